The molecule has 0 saturated carbocycles. The lowest BCUT2D eigenvalue weighted by Crippen LogP contribution is -2.37. The molecule has 0 aliphatic carbocycles. The molecule has 0 radical (unpaired) electrons. The predicted octanol–water partition coefficient (Wildman–Crippen LogP) is 2.50. The molecule has 1 atom stereocenters. The van der Waals surface area contributed by atoms with Gasteiger partial charge in [0.1, 0.15) is 11.6 Å². The van der Waals surface area contributed by atoms with Gasteiger partial charge in [0.15, 0.2) is 6.10 Å². The third-order valence-corrected chi connectivity index (χ3v) is 3.26. The number of aromatic amines is 1. The van der Waals surface area contributed by atoms with E-state index in [-0.39, 0.29) is 5.91 Å². The van der Waals surface area contributed by atoms with Gasteiger partial charge in [-0.15, -0.1) is 0 Å². The number of imidazole rings is 1. The molecule has 1 amide bonds. The van der Waals surface area contributed by atoms with Crippen LogP contribution in [0.5, 0.6) is 5.75 Å². The van der Waals surface area contributed by atoms with Crippen molar-refractivity contribution in [2.24, 2.45) is 0 Å². The molecule has 0 bridgehead atoms. The van der Waals surface area contributed by atoms with Crippen molar-refractivity contribution in [1.29, 1.82) is 0 Å². The highest BCUT2D eigenvalue weighted by atomic mass is 35.5. The van der Waals surface area contributed by atoms with Gasteiger partial charge in [0, 0.05) is 30.4 Å². The number of carbonyl (C=O) groups is 1. The molecule has 2 aromatic rings. The SMILES string of the molecule is Cc1cc(Cl)ccc1OC(C)C(=O)NCCc1ncc[nH]1. The van der Waals surface area contributed by atoms with Crippen LogP contribution in [0.25, 0.3) is 0 Å². The monoisotopic (exact) mass is 307 g/mol. The zero-order valence-corrected chi connectivity index (χ0v) is 12.8. The minimum atomic E-state index is -0.568. The molecule has 5 nitrogen and oxygen atoms in total. The molecule has 0 saturated heterocycles. The maximum Gasteiger partial charge on any atom is 0.260 e. The molecule has 1 unspecified atom stereocenters. The molecule has 0 aliphatic heterocycles. The van der Waals surface area contributed by atoms with Crippen LogP contribution >= 0.6 is 11.6 Å². The number of carbonyl (C=O) groups excluding carboxylic acids is 1. The zero-order valence-electron chi connectivity index (χ0n) is 12.0. The lowest BCUT2D eigenvalue weighted by atomic mass is 10.2. The van der Waals surface area contributed by atoms with Crippen LogP contribution in [-0.4, -0.2) is 28.5 Å². The number of ether oxygens (including phenoxy) is 1. The van der Waals surface area contributed by atoms with E-state index >= 15 is 0 Å². The van der Waals surface area contributed by atoms with Gasteiger partial charge < -0.3 is 15.0 Å². The standard InChI is InChI=1S/C15H18ClN3O2/c1-10-9-12(16)3-4-13(10)21-11(2)15(20)19-6-5-14-17-7-8-18-14/h3-4,7-9,11H,5-6H2,1-2H3,(H,17,18)(H,19,20). The molecular weight excluding hydrogens is 290 g/mol. The number of aromatic nitrogens is 2. The lowest BCUT2D eigenvalue weighted by molar-refractivity contribution is -0.127. The van der Waals surface area contributed by atoms with Gasteiger partial charge >= 0.3 is 0 Å². The van der Waals surface area contributed by atoms with Crippen molar-refractivity contribution >= 4 is 17.5 Å². The van der Waals surface area contributed by atoms with Crippen molar-refractivity contribution in [2.75, 3.05) is 6.54 Å². The van der Waals surface area contributed by atoms with E-state index in [1.165, 1.54) is 0 Å². The molecule has 1 aromatic heterocycles. The Morgan fingerprint density at radius 2 is 2.33 bits per heavy atom. The van der Waals surface area contributed by atoms with Crippen LogP contribution in [0.3, 0.4) is 0 Å². The van der Waals surface area contributed by atoms with Crippen LogP contribution in [-0.2, 0) is 11.2 Å². The van der Waals surface area contributed by atoms with Crippen molar-refractivity contribution in [2.45, 2.75) is 26.4 Å². The summed E-state index contributed by atoms with van der Waals surface area (Å²) in [5, 5.41) is 3.47. The number of amides is 1. The van der Waals surface area contributed by atoms with Crippen LogP contribution in [0.2, 0.25) is 5.02 Å². The Kier molecular flexibility index (Phi) is 5.22. The van der Waals surface area contributed by atoms with E-state index in [0.717, 1.165) is 11.4 Å². The van der Waals surface area contributed by atoms with Gasteiger partial charge in [-0.25, -0.2) is 4.98 Å². The maximum absolute atomic E-state index is 12.0. The topological polar surface area (TPSA) is 67.0 Å². The average molecular weight is 308 g/mol. The number of H-pyrrole nitrogens is 1. The van der Waals surface area contributed by atoms with Gasteiger partial charge in [-0.2, -0.15) is 0 Å². The fraction of sp³-hybridized carbons (Fsp3) is 0.333. The van der Waals surface area contributed by atoms with Gasteiger partial charge in [0.25, 0.3) is 5.91 Å². The lowest BCUT2D eigenvalue weighted by Gasteiger charge is -2.16. The number of nitrogens with zero attached hydrogens (tertiary/aromatic N) is 1. The van der Waals surface area contributed by atoms with Crippen LogP contribution in [0.15, 0.2) is 30.6 Å². The summed E-state index contributed by atoms with van der Waals surface area (Å²) < 4.78 is 5.66. The summed E-state index contributed by atoms with van der Waals surface area (Å²) in [5.74, 6) is 1.35. The van der Waals surface area contributed by atoms with E-state index in [1.54, 1.807) is 37.5 Å². The van der Waals surface area contributed by atoms with Crippen molar-refractivity contribution in [3.05, 3.63) is 47.0 Å². The minimum absolute atomic E-state index is 0.157. The largest absolute Gasteiger partial charge is 0.481 e. The molecule has 2 N–H and O–H groups in total. The first-order valence-electron chi connectivity index (χ1n) is 6.75. The summed E-state index contributed by atoms with van der Waals surface area (Å²) >= 11 is 5.89. The number of halogens is 1. The first-order chi connectivity index (χ1) is 10.1. The molecule has 0 spiro atoms. The van der Waals surface area contributed by atoms with Crippen LogP contribution in [0.1, 0.15) is 18.3 Å². The first-order valence-corrected chi connectivity index (χ1v) is 7.13. The Morgan fingerprint density at radius 1 is 1.52 bits per heavy atom. The summed E-state index contributed by atoms with van der Waals surface area (Å²) in [6.45, 7) is 4.12. The number of nitrogens with one attached hydrogen (secondary N) is 2. The van der Waals surface area contributed by atoms with E-state index in [1.807, 2.05) is 6.92 Å². The number of hydrogen-bond acceptors (Lipinski definition) is 3. The molecule has 2 rings (SSSR count). The van der Waals surface area contributed by atoms with Crippen LogP contribution < -0.4 is 10.1 Å². The van der Waals surface area contributed by atoms with Crippen molar-refractivity contribution in [3.63, 3.8) is 0 Å². The third-order valence-electron chi connectivity index (χ3n) is 3.03. The van der Waals surface area contributed by atoms with E-state index in [9.17, 15) is 4.79 Å². The van der Waals surface area contributed by atoms with Crippen LogP contribution in [0, 0.1) is 6.92 Å². The Bertz CT molecular complexity index is 599. The zero-order chi connectivity index (χ0) is 15.2. The number of hydrogen-bond donors (Lipinski definition) is 2. The second kappa shape index (κ2) is 7.13. The van der Waals surface area contributed by atoms with Gasteiger partial charge in [-0.3, -0.25) is 4.79 Å². The molecule has 1 aromatic carbocycles. The Hall–Kier alpha value is -2.01. The molecule has 0 aliphatic rings. The fourth-order valence-electron chi connectivity index (χ4n) is 1.87. The molecule has 21 heavy (non-hydrogen) atoms. The molecular formula is C15H18ClN3O2. The highest BCUT2D eigenvalue weighted by Gasteiger charge is 2.15. The van der Waals surface area contributed by atoms with Crippen molar-refractivity contribution in [3.8, 4) is 5.75 Å². The maximum atomic E-state index is 12.0. The van der Waals surface area contributed by atoms with Gasteiger partial charge in [-0.05, 0) is 37.6 Å². The Balaban J connectivity index is 1.81. The highest BCUT2D eigenvalue weighted by molar-refractivity contribution is 6.30. The highest BCUT2D eigenvalue weighted by Crippen LogP contribution is 2.22. The van der Waals surface area contributed by atoms with E-state index in [0.29, 0.717) is 23.7 Å². The van der Waals surface area contributed by atoms with E-state index in [4.69, 9.17) is 16.3 Å². The van der Waals surface area contributed by atoms with Crippen LogP contribution in [0.4, 0.5) is 0 Å². The van der Waals surface area contributed by atoms with E-state index in [2.05, 4.69) is 15.3 Å². The fourth-order valence-corrected chi connectivity index (χ4v) is 2.10. The minimum Gasteiger partial charge on any atom is -0.481 e. The summed E-state index contributed by atoms with van der Waals surface area (Å²) in [6, 6.07) is 5.31. The summed E-state index contributed by atoms with van der Waals surface area (Å²) in [4.78, 5) is 19.0. The summed E-state index contributed by atoms with van der Waals surface area (Å²) in [6.07, 6.45) is 3.53. The normalized spacial score (nSPS) is 12.0. The Morgan fingerprint density at radius 3 is 3.00 bits per heavy atom. The number of rotatable bonds is 6. The number of aryl methyl sites for hydroxylation is 1. The van der Waals surface area contributed by atoms with Gasteiger partial charge in [0.05, 0.1) is 0 Å². The van der Waals surface area contributed by atoms with Crippen molar-refractivity contribution < 1.29 is 9.53 Å². The first kappa shape index (κ1) is 15.4. The third kappa shape index (κ3) is 4.49. The summed E-state index contributed by atoms with van der Waals surface area (Å²) in [7, 11) is 0. The molecule has 6 heteroatoms. The molecule has 1 heterocycles. The van der Waals surface area contributed by atoms with E-state index < -0.39 is 6.10 Å². The quantitative estimate of drug-likeness (QED) is 0.861. The summed E-state index contributed by atoms with van der Waals surface area (Å²) in [5.41, 5.74) is 0.901. The predicted molar refractivity (Wildman–Crippen MR) is 81.6 cm³/mol. The van der Waals surface area contributed by atoms with Gasteiger partial charge in [0.2, 0.25) is 0 Å². The van der Waals surface area contributed by atoms with Gasteiger partial charge in [-0.1, -0.05) is 11.6 Å². The molecule has 0 fully saturated rings. The smallest absolute Gasteiger partial charge is 0.260 e. The second-order valence-electron chi connectivity index (χ2n) is 4.75. The number of benzene rings is 1. The Labute approximate surface area is 128 Å². The van der Waals surface area contributed by atoms with Crippen molar-refractivity contribution in [1.82, 2.24) is 15.3 Å². The molecule has 112 valence electrons. The second-order valence-corrected chi connectivity index (χ2v) is 5.18. The average Bonchev–Trinajstić information content (AvgIpc) is 2.95.